The van der Waals surface area contributed by atoms with Crippen LogP contribution in [0.3, 0.4) is 0 Å². The number of amides is 1. The highest BCUT2D eigenvalue weighted by Gasteiger charge is 2.10. The highest BCUT2D eigenvalue weighted by atomic mass is 16.5. The number of aliphatic imine (C=N–C) groups is 1. The standard InChI is InChI=1S/C15H23N3O3/c1-5-21-15(16-9-10-18(2)3)17-14(19)12-7-6-8-13(11-12)20-4/h6-8,11H,5,9-10H2,1-4H3,(H,16,17,19)/p+1. The lowest BCUT2D eigenvalue weighted by atomic mass is 10.2. The molecule has 0 bridgehead atoms. The van der Waals surface area contributed by atoms with Gasteiger partial charge in [-0.15, -0.1) is 0 Å². The number of nitrogens with one attached hydrogen (secondary N) is 2. The van der Waals surface area contributed by atoms with Gasteiger partial charge in [0.15, 0.2) is 0 Å². The van der Waals surface area contributed by atoms with Crippen LogP contribution in [0.15, 0.2) is 29.3 Å². The van der Waals surface area contributed by atoms with Gasteiger partial charge in [0.25, 0.3) is 11.9 Å². The molecule has 116 valence electrons. The van der Waals surface area contributed by atoms with Crippen molar-refractivity contribution < 1.29 is 19.2 Å². The van der Waals surface area contributed by atoms with E-state index in [1.807, 2.05) is 21.0 Å². The van der Waals surface area contributed by atoms with Crippen LogP contribution in [0.2, 0.25) is 0 Å². The van der Waals surface area contributed by atoms with Crippen LogP contribution in [-0.4, -0.2) is 52.8 Å². The van der Waals surface area contributed by atoms with E-state index in [9.17, 15) is 4.79 Å². The Labute approximate surface area is 125 Å². The van der Waals surface area contributed by atoms with Gasteiger partial charge in [0.1, 0.15) is 5.75 Å². The number of methoxy groups -OCH3 is 1. The number of carbonyl (C=O) groups is 1. The Morgan fingerprint density at radius 1 is 1.38 bits per heavy atom. The molecule has 1 rings (SSSR count). The molecule has 6 heteroatoms. The van der Waals surface area contributed by atoms with Gasteiger partial charge in [0, 0.05) is 5.56 Å². The van der Waals surface area contributed by atoms with Gasteiger partial charge in [-0.2, -0.15) is 0 Å². The van der Waals surface area contributed by atoms with Crippen molar-refractivity contribution in [3.8, 4) is 5.75 Å². The van der Waals surface area contributed by atoms with E-state index in [0.717, 1.165) is 6.54 Å². The predicted molar refractivity (Wildman–Crippen MR) is 82.1 cm³/mol. The quantitative estimate of drug-likeness (QED) is 0.572. The molecule has 0 saturated carbocycles. The maximum absolute atomic E-state index is 12.2. The summed E-state index contributed by atoms with van der Waals surface area (Å²) in [6.45, 7) is 3.76. The van der Waals surface area contributed by atoms with Crippen molar-refractivity contribution in [2.45, 2.75) is 6.92 Å². The maximum Gasteiger partial charge on any atom is 0.291 e. The van der Waals surface area contributed by atoms with Gasteiger partial charge in [-0.05, 0) is 25.1 Å². The first-order valence-electron chi connectivity index (χ1n) is 6.98. The molecule has 0 unspecified atom stereocenters. The largest absolute Gasteiger partial charge is 0.497 e. The molecule has 0 atom stereocenters. The lowest BCUT2D eigenvalue weighted by Crippen LogP contribution is -3.06. The Morgan fingerprint density at radius 2 is 2.14 bits per heavy atom. The fraction of sp³-hybridized carbons (Fsp3) is 0.467. The van der Waals surface area contributed by atoms with E-state index in [-0.39, 0.29) is 11.9 Å². The van der Waals surface area contributed by atoms with Gasteiger partial charge in [0.05, 0.1) is 40.9 Å². The Morgan fingerprint density at radius 3 is 2.76 bits per heavy atom. The molecule has 0 aromatic heterocycles. The maximum atomic E-state index is 12.2. The first kappa shape index (κ1) is 17.0. The van der Waals surface area contributed by atoms with Crippen LogP contribution in [0.1, 0.15) is 17.3 Å². The molecule has 0 aliphatic carbocycles. The summed E-state index contributed by atoms with van der Waals surface area (Å²) in [6, 6.07) is 7.19. The summed E-state index contributed by atoms with van der Waals surface area (Å²) in [6.07, 6.45) is 0. The number of benzene rings is 1. The SMILES string of the molecule is CCOC(=NCC[NH+](C)C)NC(=O)c1cccc(OC)c1. The molecule has 1 aromatic carbocycles. The molecule has 6 nitrogen and oxygen atoms in total. The van der Waals surface area contributed by atoms with Crippen LogP contribution in [0.25, 0.3) is 0 Å². The van der Waals surface area contributed by atoms with E-state index in [1.165, 1.54) is 4.90 Å². The van der Waals surface area contributed by atoms with Gasteiger partial charge in [0.2, 0.25) is 0 Å². The molecule has 1 amide bonds. The molecule has 0 fully saturated rings. The lowest BCUT2D eigenvalue weighted by molar-refractivity contribution is -0.856. The molecule has 2 N–H and O–H groups in total. The van der Waals surface area contributed by atoms with Crippen LogP contribution in [-0.2, 0) is 4.74 Å². The van der Waals surface area contributed by atoms with Crippen LogP contribution >= 0.6 is 0 Å². The molecule has 0 saturated heterocycles. The summed E-state index contributed by atoms with van der Waals surface area (Å²) < 4.78 is 10.5. The van der Waals surface area contributed by atoms with E-state index in [1.54, 1.807) is 31.4 Å². The number of quaternary nitrogens is 1. The van der Waals surface area contributed by atoms with E-state index in [2.05, 4.69) is 10.3 Å². The molecule has 0 aliphatic rings. The zero-order valence-corrected chi connectivity index (χ0v) is 13.1. The summed E-state index contributed by atoms with van der Waals surface area (Å²) in [5.41, 5.74) is 0.500. The molecule has 1 aromatic rings. The zero-order valence-electron chi connectivity index (χ0n) is 13.1. The second-order valence-corrected chi connectivity index (χ2v) is 4.76. The highest BCUT2D eigenvalue weighted by Crippen LogP contribution is 2.12. The third kappa shape index (κ3) is 6.27. The van der Waals surface area contributed by atoms with E-state index in [4.69, 9.17) is 9.47 Å². The molecule has 0 aliphatic heterocycles. The lowest BCUT2D eigenvalue weighted by Gasteiger charge is -2.10. The van der Waals surface area contributed by atoms with Gasteiger partial charge in [-0.25, -0.2) is 4.99 Å². The number of hydrogen-bond donors (Lipinski definition) is 2. The van der Waals surface area contributed by atoms with Crippen molar-refractivity contribution in [3.63, 3.8) is 0 Å². The summed E-state index contributed by atoms with van der Waals surface area (Å²) in [7, 11) is 5.66. The van der Waals surface area contributed by atoms with Crippen molar-refractivity contribution in [1.29, 1.82) is 0 Å². The van der Waals surface area contributed by atoms with Gasteiger partial charge < -0.3 is 14.4 Å². The summed E-state index contributed by atoms with van der Waals surface area (Å²) >= 11 is 0. The molecular weight excluding hydrogens is 270 g/mol. The van der Waals surface area contributed by atoms with Gasteiger partial charge in [-0.3, -0.25) is 10.1 Å². The number of nitrogens with zero attached hydrogens (tertiary/aromatic N) is 1. The normalized spacial score (nSPS) is 11.4. The van der Waals surface area contributed by atoms with Crippen LogP contribution < -0.4 is 15.0 Å². The van der Waals surface area contributed by atoms with Crippen molar-refractivity contribution in [2.24, 2.45) is 4.99 Å². The second-order valence-electron chi connectivity index (χ2n) is 4.76. The van der Waals surface area contributed by atoms with Gasteiger partial charge >= 0.3 is 0 Å². The average molecular weight is 294 g/mol. The fourth-order valence-electron chi connectivity index (χ4n) is 1.57. The molecule has 0 radical (unpaired) electrons. The fourth-order valence-corrected chi connectivity index (χ4v) is 1.57. The van der Waals surface area contributed by atoms with Crippen molar-refractivity contribution in [2.75, 3.05) is 40.9 Å². The summed E-state index contributed by atoms with van der Waals surface area (Å²) in [5.74, 6) is 0.368. The Kier molecular flexibility index (Phi) is 7.25. The minimum absolute atomic E-state index is 0.256. The van der Waals surface area contributed by atoms with Crippen LogP contribution in [0.4, 0.5) is 0 Å². The number of likely N-dealkylation sites (N-methyl/N-ethyl adjacent to an activating group) is 1. The third-order valence-corrected chi connectivity index (χ3v) is 2.70. The van der Waals surface area contributed by atoms with Crippen LogP contribution in [0, 0.1) is 0 Å². The van der Waals surface area contributed by atoms with E-state index < -0.39 is 0 Å². The number of ether oxygens (including phenoxy) is 2. The third-order valence-electron chi connectivity index (χ3n) is 2.70. The number of rotatable bonds is 6. The number of carbonyl (C=O) groups excluding carboxylic acids is 1. The minimum atomic E-state index is -0.265. The van der Waals surface area contributed by atoms with Crippen molar-refractivity contribution in [3.05, 3.63) is 29.8 Å². The smallest absolute Gasteiger partial charge is 0.291 e. The first-order valence-corrected chi connectivity index (χ1v) is 6.98. The zero-order chi connectivity index (χ0) is 15.7. The van der Waals surface area contributed by atoms with E-state index in [0.29, 0.717) is 24.5 Å². The molecule has 0 heterocycles. The average Bonchev–Trinajstić information content (AvgIpc) is 2.47. The second kappa shape index (κ2) is 8.97. The number of hydrogen-bond acceptors (Lipinski definition) is 4. The summed E-state index contributed by atoms with van der Waals surface area (Å²) in [5, 5.41) is 2.68. The summed E-state index contributed by atoms with van der Waals surface area (Å²) in [4.78, 5) is 17.7. The Hall–Kier alpha value is -2.08. The Balaban J connectivity index is 2.70. The highest BCUT2D eigenvalue weighted by molar-refractivity contribution is 6.04. The van der Waals surface area contributed by atoms with Crippen LogP contribution in [0.5, 0.6) is 5.75 Å². The van der Waals surface area contributed by atoms with Crippen molar-refractivity contribution >= 4 is 11.9 Å². The topological polar surface area (TPSA) is 64.4 Å². The van der Waals surface area contributed by atoms with E-state index >= 15 is 0 Å². The predicted octanol–water partition coefficient (Wildman–Crippen LogP) is -0.0380. The molecule has 0 spiro atoms. The molecular formula is C15H24N3O3+. The minimum Gasteiger partial charge on any atom is -0.497 e. The number of amidine groups is 1. The Bertz CT molecular complexity index is 487. The first-order chi connectivity index (χ1) is 10.1. The van der Waals surface area contributed by atoms with Gasteiger partial charge in [-0.1, -0.05) is 6.07 Å². The van der Waals surface area contributed by atoms with Crippen molar-refractivity contribution in [1.82, 2.24) is 5.32 Å². The monoisotopic (exact) mass is 294 g/mol. The molecule has 21 heavy (non-hydrogen) atoms.